The third-order valence-electron chi connectivity index (χ3n) is 3.79. The molecule has 4 heteroatoms. The van der Waals surface area contributed by atoms with E-state index in [2.05, 4.69) is 5.32 Å². The van der Waals surface area contributed by atoms with Gasteiger partial charge in [0, 0.05) is 21.3 Å². The van der Waals surface area contributed by atoms with Crippen molar-refractivity contribution >= 4 is 34.8 Å². The van der Waals surface area contributed by atoms with Gasteiger partial charge in [0.25, 0.3) is 0 Å². The average Bonchev–Trinajstić information content (AvgIpc) is 2.65. The van der Waals surface area contributed by atoms with E-state index in [1.54, 1.807) is 0 Å². The van der Waals surface area contributed by atoms with Crippen molar-refractivity contribution < 1.29 is 4.79 Å². The van der Waals surface area contributed by atoms with Crippen LogP contribution in [0.4, 0.5) is 5.69 Å². The van der Waals surface area contributed by atoms with Crippen molar-refractivity contribution in [2.24, 2.45) is 0 Å². The fourth-order valence-corrected chi connectivity index (χ4v) is 3.25. The zero-order chi connectivity index (χ0) is 14.3. The van der Waals surface area contributed by atoms with Crippen molar-refractivity contribution in [3.63, 3.8) is 0 Å². The van der Waals surface area contributed by atoms with E-state index in [1.807, 2.05) is 49.4 Å². The summed E-state index contributed by atoms with van der Waals surface area (Å²) in [5.41, 5.74) is 2.09. The molecule has 1 N–H and O–H groups in total. The highest BCUT2D eigenvalue weighted by molar-refractivity contribution is 6.33. The van der Waals surface area contributed by atoms with Gasteiger partial charge in [-0.15, -0.1) is 0 Å². The molecule has 2 aromatic carbocycles. The predicted octanol–water partition coefficient (Wildman–Crippen LogP) is 4.45. The maximum atomic E-state index is 12.4. The molecule has 1 unspecified atom stereocenters. The highest BCUT2D eigenvalue weighted by atomic mass is 35.5. The number of amides is 1. The number of rotatable bonds is 2. The molecule has 1 amide bonds. The Bertz CT molecular complexity index is 681. The maximum Gasteiger partial charge on any atom is 0.235 e. The lowest BCUT2D eigenvalue weighted by Crippen LogP contribution is -2.33. The summed E-state index contributed by atoms with van der Waals surface area (Å²) < 4.78 is 0. The molecule has 0 aromatic heterocycles. The summed E-state index contributed by atoms with van der Waals surface area (Å²) in [5, 5.41) is 4.22. The van der Waals surface area contributed by atoms with Crippen LogP contribution in [0.15, 0.2) is 42.5 Å². The Hall–Kier alpha value is -1.51. The smallest absolute Gasteiger partial charge is 0.235 e. The van der Waals surface area contributed by atoms with Gasteiger partial charge in [0.2, 0.25) is 5.91 Å². The lowest BCUT2D eigenvalue weighted by molar-refractivity contribution is -0.120. The largest absolute Gasteiger partial charge is 0.325 e. The van der Waals surface area contributed by atoms with Crippen molar-refractivity contribution in [3.05, 3.63) is 63.6 Å². The fourth-order valence-electron chi connectivity index (χ4n) is 2.74. The zero-order valence-corrected chi connectivity index (χ0v) is 12.4. The van der Waals surface area contributed by atoms with Crippen molar-refractivity contribution in [1.82, 2.24) is 0 Å². The minimum absolute atomic E-state index is 0.0180. The minimum atomic E-state index is -0.651. The fraction of sp³-hybridized carbons (Fsp3) is 0.188. The van der Waals surface area contributed by atoms with Crippen molar-refractivity contribution in [2.75, 3.05) is 5.32 Å². The summed E-state index contributed by atoms with van der Waals surface area (Å²) in [4.78, 5) is 12.4. The van der Waals surface area contributed by atoms with E-state index in [9.17, 15) is 4.79 Å². The summed E-state index contributed by atoms with van der Waals surface area (Å²) >= 11 is 12.2. The number of carbonyl (C=O) groups is 1. The third kappa shape index (κ3) is 2.09. The molecule has 2 nitrogen and oxygen atoms in total. The Labute approximate surface area is 127 Å². The molecule has 1 aliphatic rings. The van der Waals surface area contributed by atoms with E-state index in [0.29, 0.717) is 16.5 Å². The van der Waals surface area contributed by atoms with Crippen molar-refractivity contribution in [1.29, 1.82) is 0 Å². The topological polar surface area (TPSA) is 29.1 Å². The number of benzene rings is 2. The summed E-state index contributed by atoms with van der Waals surface area (Å²) in [7, 11) is 0. The molecular formula is C16H13Cl2NO. The number of halogens is 2. The van der Waals surface area contributed by atoms with Crippen LogP contribution in [0.3, 0.4) is 0 Å². The van der Waals surface area contributed by atoms with Crippen LogP contribution in [0.25, 0.3) is 0 Å². The molecule has 3 rings (SSSR count). The first-order valence-electron chi connectivity index (χ1n) is 6.35. The summed E-state index contributed by atoms with van der Waals surface area (Å²) in [6, 6.07) is 13.1. The second-order valence-corrected chi connectivity index (χ2v) is 6.10. The van der Waals surface area contributed by atoms with Gasteiger partial charge in [0.15, 0.2) is 0 Å². The van der Waals surface area contributed by atoms with Crippen LogP contribution in [0, 0.1) is 0 Å². The molecule has 1 heterocycles. The molecule has 0 spiro atoms. The Morgan fingerprint density at radius 1 is 1.10 bits per heavy atom. The van der Waals surface area contributed by atoms with Crippen molar-refractivity contribution in [2.45, 2.75) is 18.8 Å². The van der Waals surface area contributed by atoms with Crippen LogP contribution in [-0.2, 0) is 16.6 Å². The van der Waals surface area contributed by atoms with Crippen LogP contribution >= 0.6 is 23.2 Å². The Kier molecular flexibility index (Phi) is 3.23. The lowest BCUT2D eigenvalue weighted by atomic mass is 9.78. The molecule has 0 saturated carbocycles. The molecule has 2 aromatic rings. The number of nitrogens with one attached hydrogen (secondary N) is 1. The van der Waals surface area contributed by atoms with E-state index < -0.39 is 5.41 Å². The quantitative estimate of drug-likeness (QED) is 0.873. The Morgan fingerprint density at radius 2 is 1.80 bits per heavy atom. The SMILES string of the molecule is CC1(Cc2ccc(Cl)cc2)C(=O)Nc2cccc(Cl)c21. The van der Waals surface area contributed by atoms with Gasteiger partial charge in [-0.25, -0.2) is 0 Å². The van der Waals surface area contributed by atoms with Crippen LogP contribution in [-0.4, -0.2) is 5.91 Å². The zero-order valence-electron chi connectivity index (χ0n) is 10.9. The normalized spacial score (nSPS) is 20.6. The van der Waals surface area contributed by atoms with Gasteiger partial charge in [0.1, 0.15) is 0 Å². The first kappa shape index (κ1) is 13.5. The average molecular weight is 306 g/mol. The van der Waals surface area contributed by atoms with E-state index in [-0.39, 0.29) is 5.91 Å². The number of hydrogen-bond donors (Lipinski definition) is 1. The molecule has 0 saturated heterocycles. The van der Waals surface area contributed by atoms with E-state index in [0.717, 1.165) is 16.8 Å². The molecule has 0 aliphatic carbocycles. The van der Waals surface area contributed by atoms with Gasteiger partial charge < -0.3 is 5.32 Å². The number of hydrogen-bond acceptors (Lipinski definition) is 1. The van der Waals surface area contributed by atoms with Gasteiger partial charge >= 0.3 is 0 Å². The highest BCUT2D eigenvalue weighted by Gasteiger charge is 2.44. The van der Waals surface area contributed by atoms with Gasteiger partial charge in [-0.2, -0.15) is 0 Å². The van der Waals surface area contributed by atoms with Crippen LogP contribution in [0.5, 0.6) is 0 Å². The molecule has 102 valence electrons. The lowest BCUT2D eigenvalue weighted by Gasteiger charge is -2.23. The first-order chi connectivity index (χ1) is 9.50. The van der Waals surface area contributed by atoms with Crippen LogP contribution in [0.1, 0.15) is 18.1 Å². The van der Waals surface area contributed by atoms with Gasteiger partial charge in [-0.3, -0.25) is 4.79 Å². The van der Waals surface area contributed by atoms with E-state index >= 15 is 0 Å². The van der Waals surface area contributed by atoms with Gasteiger partial charge in [-0.1, -0.05) is 41.4 Å². The van der Waals surface area contributed by atoms with Gasteiger partial charge in [-0.05, 0) is 43.2 Å². The Balaban J connectivity index is 2.04. The van der Waals surface area contributed by atoms with Crippen LogP contribution < -0.4 is 5.32 Å². The van der Waals surface area contributed by atoms with Crippen molar-refractivity contribution in [3.8, 4) is 0 Å². The predicted molar refractivity (Wildman–Crippen MR) is 82.6 cm³/mol. The second-order valence-electron chi connectivity index (χ2n) is 5.25. The summed E-state index contributed by atoms with van der Waals surface area (Å²) in [6.07, 6.45) is 0.590. The second kappa shape index (κ2) is 4.80. The monoisotopic (exact) mass is 305 g/mol. The first-order valence-corrected chi connectivity index (χ1v) is 7.11. The van der Waals surface area contributed by atoms with E-state index in [4.69, 9.17) is 23.2 Å². The Morgan fingerprint density at radius 3 is 2.50 bits per heavy atom. The summed E-state index contributed by atoms with van der Waals surface area (Å²) in [6.45, 7) is 1.93. The molecule has 1 atom stereocenters. The molecule has 0 bridgehead atoms. The maximum absolute atomic E-state index is 12.4. The van der Waals surface area contributed by atoms with Crippen LogP contribution in [0.2, 0.25) is 10.0 Å². The van der Waals surface area contributed by atoms with Gasteiger partial charge in [0.05, 0.1) is 5.41 Å². The minimum Gasteiger partial charge on any atom is -0.325 e. The molecule has 1 aliphatic heterocycles. The number of anilines is 1. The standard InChI is InChI=1S/C16H13Cl2NO/c1-16(9-10-5-7-11(17)8-6-10)14-12(18)3-2-4-13(14)19-15(16)20/h2-8H,9H2,1H3,(H,19,20). The molecule has 20 heavy (non-hydrogen) atoms. The molecular weight excluding hydrogens is 293 g/mol. The third-order valence-corrected chi connectivity index (χ3v) is 4.35. The molecule has 0 fully saturated rings. The molecule has 0 radical (unpaired) electrons. The van der Waals surface area contributed by atoms with E-state index in [1.165, 1.54) is 0 Å². The number of carbonyl (C=O) groups excluding carboxylic acids is 1. The number of fused-ring (bicyclic) bond motifs is 1. The summed E-state index contributed by atoms with van der Waals surface area (Å²) in [5.74, 6) is -0.0180. The highest BCUT2D eigenvalue weighted by Crippen LogP contribution is 2.43.